The van der Waals surface area contributed by atoms with Crippen molar-refractivity contribution in [3.05, 3.63) is 0 Å². The van der Waals surface area contributed by atoms with E-state index in [1.807, 2.05) is 0 Å². The number of hydrogen-bond donors (Lipinski definition) is 15. The van der Waals surface area contributed by atoms with Crippen LogP contribution in [0, 0.1) is 0 Å². The second kappa shape index (κ2) is 29.5. The molecule has 0 aliphatic rings. The maximum absolute atomic E-state index is 13.7. The Bertz CT molecular complexity index is 1710. The number of nitrogens with zero attached hydrogens (tertiary/aromatic N) is 1. The fourth-order valence-corrected chi connectivity index (χ4v) is 5.69. The van der Waals surface area contributed by atoms with E-state index in [2.05, 4.69) is 36.9 Å². The van der Waals surface area contributed by atoms with Gasteiger partial charge in [-0.15, -0.1) is 0 Å². The number of amides is 8. The summed E-state index contributed by atoms with van der Waals surface area (Å²) in [6.07, 6.45) is -3.98. The fourth-order valence-electron chi connectivity index (χ4n) is 5.22. The molecule has 0 unspecified atom stereocenters. The fraction of sp³-hybridized carbons (Fsp3) is 0.618. The average Bonchev–Trinajstić information content (AvgIpc) is 3.17. The largest absolute Gasteiger partial charge is 0.481 e. The van der Waals surface area contributed by atoms with Crippen molar-refractivity contribution < 1.29 is 78.0 Å². The van der Waals surface area contributed by atoms with Crippen molar-refractivity contribution in [3.63, 3.8) is 0 Å². The molecule has 63 heavy (non-hydrogen) atoms. The number of thioether (sulfide) groups is 1. The number of nitrogens with one attached hydrogen (secondary N) is 6. The van der Waals surface area contributed by atoms with Crippen molar-refractivity contribution >= 4 is 88.9 Å². The van der Waals surface area contributed by atoms with E-state index in [-0.39, 0.29) is 37.5 Å². The zero-order valence-corrected chi connectivity index (χ0v) is 35.0. The van der Waals surface area contributed by atoms with Crippen LogP contribution in [0.15, 0.2) is 4.99 Å². The van der Waals surface area contributed by atoms with Gasteiger partial charge in [-0.3, -0.25) is 57.7 Å². The molecule has 0 aliphatic heterocycles. The number of hydrogen-bond acceptors (Lipinski definition) is 15. The van der Waals surface area contributed by atoms with Crippen molar-refractivity contribution in [2.24, 2.45) is 33.7 Å². The van der Waals surface area contributed by atoms with Gasteiger partial charge in [-0.2, -0.15) is 11.8 Å². The number of nitrogens with two attached hydrogens (primary N) is 5. The minimum Gasteiger partial charge on any atom is -0.481 e. The molecule has 0 aromatic carbocycles. The molecule has 0 aromatic heterocycles. The summed E-state index contributed by atoms with van der Waals surface area (Å²) in [7, 11) is 0. The highest BCUT2D eigenvalue weighted by Crippen LogP contribution is 2.09. The SMILES string of the molecule is CSCC[C@H](NC(=O)[C@H](CCC(N)=O)NC(=O)[C@@H](N)CC(=O)O)C(=O)N[C@@H](CCC(=O)O)C(=O)N[C@@H](CC(=O)O)C(=O)N[C@@H](CCCN=C(N)N)C(=O)N[C@@H](CCC(N)=O)C(=O)O. The lowest BCUT2D eigenvalue weighted by Gasteiger charge is -2.27. The number of carbonyl (C=O) groups is 12. The van der Waals surface area contributed by atoms with Crippen LogP contribution in [0.4, 0.5) is 0 Å². The first-order valence-corrected chi connectivity index (χ1v) is 20.3. The lowest BCUT2D eigenvalue weighted by Crippen LogP contribution is -2.60. The second-order valence-electron chi connectivity index (χ2n) is 13.7. The molecule has 28 nitrogen and oxygen atoms in total. The number of guanidine groups is 1. The van der Waals surface area contributed by atoms with E-state index in [0.29, 0.717) is 0 Å². The van der Waals surface area contributed by atoms with Gasteiger partial charge >= 0.3 is 23.9 Å². The highest BCUT2D eigenvalue weighted by Gasteiger charge is 2.35. The average molecular weight is 921 g/mol. The minimum atomic E-state index is -2.02. The lowest BCUT2D eigenvalue weighted by atomic mass is 10.0. The second-order valence-corrected chi connectivity index (χ2v) is 14.7. The minimum absolute atomic E-state index is 0.0146. The van der Waals surface area contributed by atoms with Crippen molar-refractivity contribution in [1.82, 2.24) is 31.9 Å². The molecule has 7 atom stereocenters. The van der Waals surface area contributed by atoms with Crippen molar-refractivity contribution in [2.75, 3.05) is 18.6 Å². The zero-order valence-electron chi connectivity index (χ0n) is 34.2. The molecule has 0 rings (SSSR count). The van der Waals surface area contributed by atoms with Crippen molar-refractivity contribution in [2.45, 2.75) is 113 Å². The molecule has 20 N–H and O–H groups in total. The van der Waals surface area contributed by atoms with Crippen molar-refractivity contribution in [1.29, 1.82) is 0 Å². The number of carbonyl (C=O) groups excluding carboxylic acids is 8. The van der Waals surface area contributed by atoms with E-state index in [1.165, 1.54) is 11.8 Å². The highest BCUT2D eigenvalue weighted by molar-refractivity contribution is 7.98. The summed E-state index contributed by atoms with van der Waals surface area (Å²) in [5.41, 5.74) is 26.5. The van der Waals surface area contributed by atoms with E-state index in [9.17, 15) is 72.9 Å². The molecule has 0 radical (unpaired) electrons. The Kier molecular flexibility index (Phi) is 26.3. The predicted molar refractivity (Wildman–Crippen MR) is 218 cm³/mol. The maximum Gasteiger partial charge on any atom is 0.326 e. The molecule has 0 saturated heterocycles. The van der Waals surface area contributed by atoms with Gasteiger partial charge in [0.15, 0.2) is 5.96 Å². The van der Waals surface area contributed by atoms with E-state index >= 15 is 0 Å². The standard InChI is InChI=1S/C34H56N12O16S/c1-63-12-10-19(44-29(57)17(4-7-22(36)47)41-27(55)15(35)13-25(51)52)31(59)43-18(6-9-24(49)50)30(58)46-21(14-26(53)54)32(60)42-16(3-2-11-40-34(38)39)28(56)45-20(33(61)62)5-8-23(37)48/h15-21H,2-14,35H2,1H3,(H2,36,47)(H2,37,48)(H,41,55)(H,42,60)(H,43,59)(H,44,57)(H,45,56)(H,46,58)(H,49,50)(H,51,52)(H,53,54)(H,61,62)(H4,38,39,40)/t15-,16-,17-,18-,19-,20-,21-/m0/s1. The Balaban J connectivity index is 6.59. The molecule has 29 heteroatoms. The number of aliphatic carboxylic acids is 4. The quantitative estimate of drug-likeness (QED) is 0.0165. The van der Waals surface area contributed by atoms with Crippen LogP contribution >= 0.6 is 11.8 Å². The number of rotatable bonds is 33. The van der Waals surface area contributed by atoms with Gasteiger partial charge in [0.1, 0.15) is 36.3 Å². The Morgan fingerprint density at radius 2 is 0.873 bits per heavy atom. The van der Waals surface area contributed by atoms with Gasteiger partial charge in [0, 0.05) is 25.8 Å². The summed E-state index contributed by atoms with van der Waals surface area (Å²) in [5.74, 6) is -15.0. The summed E-state index contributed by atoms with van der Waals surface area (Å²) >= 11 is 1.21. The topological polar surface area (TPSA) is 500 Å². The summed E-state index contributed by atoms with van der Waals surface area (Å²) < 4.78 is 0. The third-order valence-electron chi connectivity index (χ3n) is 8.45. The van der Waals surface area contributed by atoms with Gasteiger partial charge in [-0.25, -0.2) is 4.79 Å². The number of aliphatic imine (C=N–C) groups is 1. The maximum atomic E-state index is 13.7. The Morgan fingerprint density at radius 1 is 0.492 bits per heavy atom. The van der Waals surface area contributed by atoms with Crippen molar-refractivity contribution in [3.8, 4) is 0 Å². The van der Waals surface area contributed by atoms with E-state index < -0.39 is 165 Å². The van der Waals surface area contributed by atoms with E-state index in [0.717, 1.165) is 0 Å². The molecule has 0 aliphatic carbocycles. The zero-order chi connectivity index (χ0) is 48.4. The van der Waals surface area contributed by atoms with Gasteiger partial charge in [-0.05, 0) is 50.5 Å². The summed E-state index contributed by atoms with van der Waals surface area (Å²) in [5, 5.41) is 50.8. The van der Waals surface area contributed by atoms with Gasteiger partial charge in [-0.1, -0.05) is 0 Å². The lowest BCUT2D eigenvalue weighted by molar-refractivity contribution is -0.143. The Morgan fingerprint density at radius 3 is 1.29 bits per heavy atom. The van der Waals surface area contributed by atoms with Gasteiger partial charge < -0.3 is 81.0 Å². The first-order valence-electron chi connectivity index (χ1n) is 18.9. The van der Waals surface area contributed by atoms with E-state index in [1.54, 1.807) is 6.26 Å². The van der Waals surface area contributed by atoms with Crippen LogP contribution in [0.3, 0.4) is 0 Å². The molecule has 0 spiro atoms. The molecule has 0 bridgehead atoms. The van der Waals surface area contributed by atoms with Crippen LogP contribution in [0.25, 0.3) is 0 Å². The first-order chi connectivity index (χ1) is 29.4. The molecule has 0 heterocycles. The van der Waals surface area contributed by atoms with Gasteiger partial charge in [0.25, 0.3) is 0 Å². The van der Waals surface area contributed by atoms with Crippen LogP contribution in [0.5, 0.6) is 0 Å². The summed E-state index contributed by atoms with van der Waals surface area (Å²) in [4.78, 5) is 153. The molecule has 354 valence electrons. The summed E-state index contributed by atoms with van der Waals surface area (Å²) in [6.45, 7) is -0.0890. The van der Waals surface area contributed by atoms with Gasteiger partial charge in [0.05, 0.1) is 18.9 Å². The molecular weight excluding hydrogens is 865 g/mol. The molecular formula is C34H56N12O16S. The molecule has 0 aromatic rings. The third kappa shape index (κ3) is 24.9. The monoisotopic (exact) mass is 920 g/mol. The highest BCUT2D eigenvalue weighted by atomic mass is 32.2. The normalized spacial score (nSPS) is 14.0. The smallest absolute Gasteiger partial charge is 0.326 e. The van der Waals surface area contributed by atoms with Crippen LogP contribution in [0.1, 0.15) is 70.6 Å². The number of carboxylic acids is 4. The van der Waals surface area contributed by atoms with Crippen LogP contribution in [-0.2, 0) is 57.5 Å². The Labute approximate surface area is 363 Å². The Hall–Kier alpha value is -6.78. The summed E-state index contributed by atoms with van der Waals surface area (Å²) in [6, 6.07) is -11.9. The predicted octanol–water partition coefficient (Wildman–Crippen LogP) is -6.54. The first kappa shape index (κ1) is 56.2. The number of carboxylic acid groups (broad SMARTS) is 4. The number of primary amides is 2. The van der Waals surface area contributed by atoms with Crippen LogP contribution in [-0.4, -0.2) is 158 Å². The molecule has 0 fully saturated rings. The molecule has 8 amide bonds. The van der Waals surface area contributed by atoms with Crippen LogP contribution < -0.4 is 60.6 Å². The van der Waals surface area contributed by atoms with E-state index in [4.69, 9.17) is 33.8 Å². The third-order valence-corrected chi connectivity index (χ3v) is 9.10. The van der Waals surface area contributed by atoms with Gasteiger partial charge in [0.2, 0.25) is 47.3 Å². The van der Waals surface area contributed by atoms with Crippen LogP contribution in [0.2, 0.25) is 0 Å². The molecule has 0 saturated carbocycles.